The average Bonchev–Trinajstić information content (AvgIpc) is 3.73. The van der Waals surface area contributed by atoms with Crippen LogP contribution in [0, 0.1) is 0 Å². The molecule has 0 amide bonds. The molecule has 0 fully saturated rings. The first-order chi connectivity index (χ1) is 20.2. The number of hydrogen-bond acceptors (Lipinski definition) is 10. The van der Waals surface area contributed by atoms with E-state index in [4.69, 9.17) is 29.2 Å². The van der Waals surface area contributed by atoms with Crippen LogP contribution in [0.4, 0.5) is 0 Å². The van der Waals surface area contributed by atoms with Crippen LogP contribution in [-0.2, 0) is 0 Å². The zero-order valence-electron chi connectivity index (χ0n) is 21.6. The maximum absolute atomic E-state index is 11.1. The van der Waals surface area contributed by atoms with E-state index in [1.165, 1.54) is 0 Å². The van der Waals surface area contributed by atoms with Crippen LogP contribution in [0.2, 0.25) is 0 Å². The SMILES string of the molecule is Brc1cscc1OCCCCOc1cscc1Br.O=C(O)c1scc(Br)c1OCCCCOc1c(Br)csc1C(=O)O. The van der Waals surface area contributed by atoms with Gasteiger partial charge in [-0.2, -0.15) is 0 Å². The first kappa shape index (κ1) is 35.3. The van der Waals surface area contributed by atoms with Crippen molar-refractivity contribution in [2.75, 3.05) is 26.4 Å². The zero-order valence-corrected chi connectivity index (χ0v) is 31.2. The highest BCUT2D eigenvalue weighted by molar-refractivity contribution is 9.11. The minimum absolute atomic E-state index is 0.159. The fourth-order valence-electron chi connectivity index (χ4n) is 3.08. The summed E-state index contributed by atoms with van der Waals surface area (Å²) in [6.07, 6.45) is 3.27. The molecule has 228 valence electrons. The third kappa shape index (κ3) is 11.1. The molecule has 0 unspecified atom stereocenters. The lowest BCUT2D eigenvalue weighted by Gasteiger charge is -2.08. The first-order valence-electron chi connectivity index (χ1n) is 12.1. The normalized spacial score (nSPS) is 10.6. The van der Waals surface area contributed by atoms with Gasteiger partial charge < -0.3 is 29.2 Å². The van der Waals surface area contributed by atoms with E-state index in [1.807, 2.05) is 21.5 Å². The second-order valence-corrected chi connectivity index (χ2v) is 14.7. The number of carboxylic acid groups (broad SMARTS) is 2. The van der Waals surface area contributed by atoms with E-state index in [0.29, 0.717) is 46.5 Å². The second kappa shape index (κ2) is 18.6. The molecule has 0 aliphatic rings. The summed E-state index contributed by atoms with van der Waals surface area (Å²) >= 11 is 18.9. The molecule has 0 saturated carbocycles. The van der Waals surface area contributed by atoms with E-state index in [2.05, 4.69) is 63.7 Å². The maximum Gasteiger partial charge on any atom is 0.349 e. The zero-order chi connectivity index (χ0) is 30.5. The first-order valence-corrected chi connectivity index (χ1v) is 19.0. The van der Waals surface area contributed by atoms with E-state index in [9.17, 15) is 9.59 Å². The van der Waals surface area contributed by atoms with Crippen molar-refractivity contribution < 1.29 is 38.7 Å². The Bertz CT molecular complexity index is 1320. The number of aromatic carboxylic acids is 2. The van der Waals surface area contributed by atoms with Crippen LogP contribution >= 0.6 is 109 Å². The second-order valence-electron chi connectivity index (χ2n) is 8.07. The van der Waals surface area contributed by atoms with Gasteiger partial charge in [0, 0.05) is 32.3 Å². The minimum Gasteiger partial charge on any atom is -0.492 e. The number of carboxylic acids is 2. The lowest BCUT2D eigenvalue weighted by atomic mass is 10.3. The van der Waals surface area contributed by atoms with Crippen molar-refractivity contribution in [2.45, 2.75) is 25.7 Å². The molecule has 2 N–H and O–H groups in total. The summed E-state index contributed by atoms with van der Waals surface area (Å²) in [7, 11) is 0. The number of rotatable bonds is 16. The quantitative estimate of drug-likeness (QED) is 0.107. The molecule has 0 saturated heterocycles. The molecular weight excluding hydrogens is 888 g/mol. The van der Waals surface area contributed by atoms with Gasteiger partial charge in [-0.05, 0) is 89.4 Å². The van der Waals surface area contributed by atoms with Gasteiger partial charge in [-0.1, -0.05) is 0 Å². The highest BCUT2D eigenvalue weighted by Crippen LogP contribution is 2.36. The van der Waals surface area contributed by atoms with Crippen molar-refractivity contribution in [3.05, 3.63) is 59.9 Å². The van der Waals surface area contributed by atoms with Gasteiger partial charge in [0.25, 0.3) is 0 Å². The Kier molecular flexibility index (Phi) is 15.7. The summed E-state index contributed by atoms with van der Waals surface area (Å²) in [5.41, 5.74) is 0. The molecule has 4 heterocycles. The molecule has 0 spiro atoms. The molecule has 4 aromatic heterocycles. The molecule has 16 heteroatoms. The molecule has 0 aliphatic carbocycles. The van der Waals surface area contributed by atoms with Gasteiger partial charge in [-0.15, -0.1) is 45.3 Å². The molecule has 0 aliphatic heterocycles. The third-order valence-corrected chi connectivity index (χ3v) is 12.0. The van der Waals surface area contributed by atoms with E-state index < -0.39 is 11.9 Å². The standard InChI is InChI=1S/C14H12Br2O6S2.C12H12Br2O2S2/c15-7-5-23-11(13(17)18)9(7)21-3-1-2-4-22-10-8(16)6-24-12(10)14(19)20;13-9-5-17-7-11(9)15-3-1-2-4-16-12-8-18-6-10(12)14/h5-6H,1-4H2,(H,17,18)(H,19,20);5-8H,1-4H2. The lowest BCUT2D eigenvalue weighted by molar-refractivity contribution is 0.0685. The van der Waals surface area contributed by atoms with Crippen molar-refractivity contribution in [2.24, 2.45) is 0 Å². The summed E-state index contributed by atoms with van der Waals surface area (Å²) in [5.74, 6) is 0.493. The van der Waals surface area contributed by atoms with Crippen LogP contribution in [0.15, 0.2) is 50.2 Å². The minimum atomic E-state index is -1.02. The molecule has 0 bridgehead atoms. The molecule has 0 radical (unpaired) electrons. The van der Waals surface area contributed by atoms with E-state index in [1.54, 1.807) is 33.4 Å². The summed E-state index contributed by atoms with van der Waals surface area (Å²) in [6.45, 7) is 2.14. The lowest BCUT2D eigenvalue weighted by Crippen LogP contribution is -2.06. The highest BCUT2D eigenvalue weighted by Gasteiger charge is 2.18. The Balaban J connectivity index is 0.000000240. The van der Waals surface area contributed by atoms with Gasteiger partial charge in [-0.3, -0.25) is 0 Å². The van der Waals surface area contributed by atoms with Crippen LogP contribution in [-0.4, -0.2) is 48.6 Å². The van der Waals surface area contributed by atoms with Gasteiger partial charge in [0.1, 0.15) is 11.5 Å². The van der Waals surface area contributed by atoms with Gasteiger partial charge in [0.05, 0.1) is 44.3 Å². The Morgan fingerprint density at radius 3 is 1.21 bits per heavy atom. The number of carbonyl (C=O) groups is 2. The van der Waals surface area contributed by atoms with Crippen molar-refractivity contribution in [1.29, 1.82) is 0 Å². The summed E-state index contributed by atoms with van der Waals surface area (Å²) in [5, 5.41) is 29.5. The van der Waals surface area contributed by atoms with Crippen molar-refractivity contribution in [1.82, 2.24) is 0 Å². The van der Waals surface area contributed by atoms with Crippen LogP contribution in [0.1, 0.15) is 45.0 Å². The van der Waals surface area contributed by atoms with Gasteiger partial charge in [-0.25, -0.2) is 9.59 Å². The number of halogens is 4. The number of thiophene rings is 4. The largest absolute Gasteiger partial charge is 0.492 e. The average molecular weight is 912 g/mol. The van der Waals surface area contributed by atoms with E-state index >= 15 is 0 Å². The summed E-state index contributed by atoms with van der Waals surface area (Å²) in [4.78, 5) is 22.4. The topological polar surface area (TPSA) is 112 Å². The molecule has 0 aromatic carbocycles. The molecule has 4 rings (SSSR count). The Morgan fingerprint density at radius 1 is 0.548 bits per heavy atom. The molecule has 8 nitrogen and oxygen atoms in total. The van der Waals surface area contributed by atoms with Gasteiger partial charge in [0.15, 0.2) is 21.3 Å². The van der Waals surface area contributed by atoms with Gasteiger partial charge in [0.2, 0.25) is 0 Å². The smallest absolute Gasteiger partial charge is 0.349 e. The van der Waals surface area contributed by atoms with Gasteiger partial charge >= 0.3 is 11.9 Å². The van der Waals surface area contributed by atoms with E-state index in [-0.39, 0.29) is 9.75 Å². The molecule has 0 atom stereocenters. The fraction of sp³-hybridized carbons (Fsp3) is 0.308. The van der Waals surface area contributed by atoms with Crippen LogP contribution in [0.5, 0.6) is 23.0 Å². The Morgan fingerprint density at radius 2 is 0.905 bits per heavy atom. The number of unbranched alkanes of at least 4 members (excludes halogenated alkanes) is 2. The fourth-order valence-corrected chi connectivity index (χ4v) is 8.59. The molecular formula is C26H24Br4O8S4. The maximum atomic E-state index is 11.1. The van der Waals surface area contributed by atoms with Crippen LogP contribution < -0.4 is 18.9 Å². The summed E-state index contributed by atoms with van der Waals surface area (Å²) < 4.78 is 25.6. The third-order valence-electron chi connectivity index (χ3n) is 5.04. The molecule has 4 aromatic rings. The number of hydrogen-bond donors (Lipinski definition) is 2. The van der Waals surface area contributed by atoms with Crippen molar-refractivity contribution in [3.8, 4) is 23.0 Å². The number of ether oxygens (including phenoxy) is 4. The summed E-state index contributed by atoms with van der Waals surface area (Å²) in [6, 6.07) is 0. The van der Waals surface area contributed by atoms with Crippen molar-refractivity contribution >= 4 is 121 Å². The monoisotopic (exact) mass is 908 g/mol. The molecule has 42 heavy (non-hydrogen) atoms. The highest BCUT2D eigenvalue weighted by atomic mass is 79.9. The van der Waals surface area contributed by atoms with Crippen LogP contribution in [0.25, 0.3) is 0 Å². The Labute approximate surface area is 292 Å². The van der Waals surface area contributed by atoms with E-state index in [0.717, 1.165) is 69.2 Å². The predicted octanol–water partition coefficient (Wildman–Crippen LogP) is 10.5. The van der Waals surface area contributed by atoms with Crippen molar-refractivity contribution in [3.63, 3.8) is 0 Å². The predicted molar refractivity (Wildman–Crippen MR) is 182 cm³/mol. The van der Waals surface area contributed by atoms with Crippen LogP contribution in [0.3, 0.4) is 0 Å². The Hall–Kier alpha value is -1.14.